The van der Waals surface area contributed by atoms with E-state index in [-0.39, 0.29) is 36.2 Å². The average Bonchev–Trinajstić information content (AvgIpc) is 2.75. The maximum atomic E-state index is 12.0. The molecule has 2 aromatic rings. The van der Waals surface area contributed by atoms with Gasteiger partial charge in [0.05, 0.1) is 17.5 Å². The number of aryl methyl sites for hydroxylation is 1. The fourth-order valence-electron chi connectivity index (χ4n) is 3.80. The summed E-state index contributed by atoms with van der Waals surface area (Å²) in [4.78, 5) is 32.7. The van der Waals surface area contributed by atoms with Crippen LogP contribution in [0.4, 0.5) is 23.0 Å². The predicted octanol–water partition coefficient (Wildman–Crippen LogP) is 1.93. The molecule has 10 heteroatoms. The molecule has 0 unspecified atom stereocenters. The van der Waals surface area contributed by atoms with E-state index in [9.17, 15) is 14.7 Å². The molecule has 0 bridgehead atoms. The molecule has 2 heterocycles. The van der Waals surface area contributed by atoms with Crippen molar-refractivity contribution in [3.63, 3.8) is 0 Å². The van der Waals surface area contributed by atoms with Gasteiger partial charge in [0.15, 0.2) is 18.1 Å². The van der Waals surface area contributed by atoms with Crippen LogP contribution in [0.3, 0.4) is 0 Å². The van der Waals surface area contributed by atoms with Crippen molar-refractivity contribution in [1.82, 2.24) is 9.97 Å². The van der Waals surface area contributed by atoms with Gasteiger partial charge in [-0.2, -0.15) is 0 Å². The number of ether oxygens (including phenoxy) is 1. The number of fused-ring (bicyclic) bond motifs is 1. The number of amides is 2. The summed E-state index contributed by atoms with van der Waals surface area (Å²) in [6.45, 7) is 1.91. The Balaban J connectivity index is 1.63. The van der Waals surface area contributed by atoms with E-state index in [0.29, 0.717) is 35.1 Å². The average molecular weight is 426 g/mol. The molecule has 0 atom stereocenters. The van der Waals surface area contributed by atoms with Crippen molar-refractivity contribution >= 4 is 34.8 Å². The first kappa shape index (κ1) is 20.9. The van der Waals surface area contributed by atoms with Crippen LogP contribution in [0, 0.1) is 0 Å². The highest BCUT2D eigenvalue weighted by Gasteiger charge is 2.23. The smallest absolute Gasteiger partial charge is 0.271 e. The third-order valence-corrected chi connectivity index (χ3v) is 5.45. The van der Waals surface area contributed by atoms with Crippen LogP contribution < -0.4 is 26.4 Å². The van der Waals surface area contributed by atoms with Crippen LogP contribution in [0.15, 0.2) is 18.2 Å². The van der Waals surface area contributed by atoms with Gasteiger partial charge in [-0.1, -0.05) is 6.92 Å². The summed E-state index contributed by atoms with van der Waals surface area (Å²) in [7, 11) is 0. The molecule has 4 rings (SSSR count). The van der Waals surface area contributed by atoms with Crippen LogP contribution in [0.1, 0.15) is 48.8 Å². The third-order valence-electron chi connectivity index (χ3n) is 5.45. The monoisotopic (exact) mass is 426 g/mol. The molecule has 10 nitrogen and oxygen atoms in total. The maximum absolute atomic E-state index is 12.0. The largest absolute Gasteiger partial charge is 0.482 e. The van der Waals surface area contributed by atoms with Gasteiger partial charge in [-0.05, 0) is 50.3 Å². The Morgan fingerprint density at radius 2 is 2.03 bits per heavy atom. The van der Waals surface area contributed by atoms with Crippen LogP contribution in [-0.2, 0) is 11.2 Å². The van der Waals surface area contributed by atoms with Crippen molar-refractivity contribution in [1.29, 1.82) is 0 Å². The van der Waals surface area contributed by atoms with Crippen molar-refractivity contribution in [2.75, 3.05) is 22.6 Å². The zero-order valence-electron chi connectivity index (χ0n) is 17.3. The number of nitrogens with one attached hydrogen (secondary N) is 3. The summed E-state index contributed by atoms with van der Waals surface area (Å²) < 4.78 is 5.37. The van der Waals surface area contributed by atoms with Gasteiger partial charge in [0.2, 0.25) is 0 Å². The van der Waals surface area contributed by atoms with E-state index in [0.717, 1.165) is 25.7 Å². The molecule has 1 aliphatic heterocycles. The van der Waals surface area contributed by atoms with E-state index in [1.807, 2.05) is 6.92 Å². The summed E-state index contributed by atoms with van der Waals surface area (Å²) in [6.07, 6.45) is 3.46. The summed E-state index contributed by atoms with van der Waals surface area (Å²) in [6, 6.07) is 5.35. The van der Waals surface area contributed by atoms with Gasteiger partial charge in [0, 0.05) is 11.7 Å². The van der Waals surface area contributed by atoms with Crippen molar-refractivity contribution in [3.8, 4) is 5.75 Å². The van der Waals surface area contributed by atoms with E-state index < -0.39 is 5.91 Å². The number of anilines is 4. The van der Waals surface area contributed by atoms with Gasteiger partial charge < -0.3 is 31.5 Å². The molecule has 0 radical (unpaired) electrons. The second-order valence-corrected chi connectivity index (χ2v) is 7.76. The first-order chi connectivity index (χ1) is 14.9. The van der Waals surface area contributed by atoms with Crippen molar-refractivity contribution in [3.05, 3.63) is 29.6 Å². The zero-order chi connectivity index (χ0) is 22.0. The van der Waals surface area contributed by atoms with Crippen molar-refractivity contribution in [2.24, 2.45) is 5.73 Å². The zero-order valence-corrected chi connectivity index (χ0v) is 17.3. The van der Waals surface area contributed by atoms with Gasteiger partial charge in [0.25, 0.3) is 11.8 Å². The number of rotatable bonds is 6. The number of hydrogen-bond donors (Lipinski definition) is 5. The molecule has 1 aromatic heterocycles. The molecule has 1 fully saturated rings. The highest BCUT2D eigenvalue weighted by Crippen LogP contribution is 2.32. The molecule has 0 saturated heterocycles. The minimum absolute atomic E-state index is 0.0250. The Morgan fingerprint density at radius 3 is 2.74 bits per heavy atom. The fourth-order valence-corrected chi connectivity index (χ4v) is 3.80. The molecule has 0 spiro atoms. The Kier molecular flexibility index (Phi) is 5.90. The number of carbonyl (C=O) groups is 2. The molecule has 2 amide bonds. The highest BCUT2D eigenvalue weighted by atomic mass is 16.5. The number of aliphatic hydroxyl groups excluding tert-OH is 1. The molecule has 2 aliphatic rings. The van der Waals surface area contributed by atoms with Gasteiger partial charge in [-0.3, -0.25) is 9.59 Å². The van der Waals surface area contributed by atoms with Crippen LogP contribution in [0.5, 0.6) is 5.75 Å². The number of carbonyl (C=O) groups excluding carboxylic acids is 2. The van der Waals surface area contributed by atoms with E-state index in [4.69, 9.17) is 10.5 Å². The molecular weight excluding hydrogens is 400 g/mol. The van der Waals surface area contributed by atoms with Gasteiger partial charge >= 0.3 is 0 Å². The summed E-state index contributed by atoms with van der Waals surface area (Å²) in [5.41, 5.74) is 7.38. The molecule has 31 heavy (non-hydrogen) atoms. The number of hydrogen-bond acceptors (Lipinski definition) is 8. The fraction of sp³-hybridized carbons (Fsp3) is 0.429. The van der Waals surface area contributed by atoms with Gasteiger partial charge in [0.1, 0.15) is 11.6 Å². The molecule has 164 valence electrons. The summed E-state index contributed by atoms with van der Waals surface area (Å²) in [5, 5.41) is 19.0. The minimum Gasteiger partial charge on any atom is -0.482 e. The van der Waals surface area contributed by atoms with E-state index in [1.165, 1.54) is 0 Å². The van der Waals surface area contributed by atoms with Crippen LogP contribution in [0.2, 0.25) is 0 Å². The molecule has 1 saturated carbocycles. The number of benzene rings is 1. The minimum atomic E-state index is -0.688. The standard InChI is InChI=1S/C21H26N6O4/c1-2-14-20(23-11-3-6-13(28)7-4-11)27-21(18(26-14)19(22)30)24-12-5-8-16-15(9-12)25-17(29)10-31-16/h5,8-9,11,13,28H,2-4,6-7,10H2,1H3,(H2,22,30)(H,25,29)(H2,23,24,27). The maximum Gasteiger partial charge on any atom is 0.271 e. The Bertz CT molecular complexity index is 1000. The second kappa shape index (κ2) is 8.76. The molecule has 6 N–H and O–H groups in total. The number of primary amides is 1. The SMILES string of the molecule is CCc1nc(C(N)=O)c(Nc2ccc3c(c2)NC(=O)CO3)nc1NC1CCC(O)CC1. The highest BCUT2D eigenvalue weighted by molar-refractivity contribution is 5.98. The number of aromatic nitrogens is 2. The lowest BCUT2D eigenvalue weighted by Crippen LogP contribution is -2.29. The number of nitrogens with two attached hydrogens (primary N) is 1. The summed E-state index contributed by atoms with van der Waals surface area (Å²) >= 11 is 0. The number of aliphatic hydroxyl groups is 1. The first-order valence-electron chi connectivity index (χ1n) is 10.4. The van der Waals surface area contributed by atoms with E-state index in [2.05, 4.69) is 25.9 Å². The van der Waals surface area contributed by atoms with Crippen LogP contribution in [0.25, 0.3) is 0 Å². The third kappa shape index (κ3) is 4.69. The van der Waals surface area contributed by atoms with Crippen molar-refractivity contribution < 1.29 is 19.4 Å². The number of nitrogens with zero attached hydrogens (tertiary/aromatic N) is 2. The molecule has 1 aliphatic carbocycles. The lowest BCUT2D eigenvalue weighted by molar-refractivity contribution is -0.118. The lowest BCUT2D eigenvalue weighted by Gasteiger charge is -2.27. The van der Waals surface area contributed by atoms with E-state index >= 15 is 0 Å². The quantitative estimate of drug-likeness (QED) is 0.470. The summed E-state index contributed by atoms with van der Waals surface area (Å²) in [5.74, 6) is 0.455. The van der Waals surface area contributed by atoms with E-state index in [1.54, 1.807) is 18.2 Å². The lowest BCUT2D eigenvalue weighted by atomic mass is 9.93. The Morgan fingerprint density at radius 1 is 1.26 bits per heavy atom. The topological polar surface area (TPSA) is 151 Å². The Hall–Kier alpha value is -3.40. The molecule has 1 aromatic carbocycles. The van der Waals surface area contributed by atoms with Gasteiger partial charge in [-0.15, -0.1) is 0 Å². The normalized spacial score (nSPS) is 20.3. The second-order valence-electron chi connectivity index (χ2n) is 7.76. The molecular formula is C21H26N6O4. The van der Waals surface area contributed by atoms with Gasteiger partial charge in [-0.25, -0.2) is 9.97 Å². The van der Waals surface area contributed by atoms with Crippen molar-refractivity contribution in [2.45, 2.75) is 51.2 Å². The predicted molar refractivity (Wildman–Crippen MR) is 116 cm³/mol. The van der Waals surface area contributed by atoms with Crippen LogP contribution >= 0.6 is 0 Å². The Labute approximate surface area is 179 Å². The van der Waals surface area contributed by atoms with Crippen LogP contribution in [-0.4, -0.2) is 45.6 Å². The first-order valence-corrected chi connectivity index (χ1v) is 10.4.